The number of carbonyl (C=O) groups excluding carboxylic acids is 1. The van der Waals surface area contributed by atoms with Crippen molar-refractivity contribution < 1.29 is 22.9 Å². The molecule has 10 heteroatoms. The number of nitro benzene ring substituents is 1. The van der Waals surface area contributed by atoms with E-state index in [2.05, 4.69) is 46.7 Å². The third kappa shape index (κ3) is 6.93. The van der Waals surface area contributed by atoms with Crippen molar-refractivity contribution in [3.8, 4) is 0 Å². The molecule has 2 fully saturated rings. The van der Waals surface area contributed by atoms with E-state index in [0.717, 1.165) is 38.1 Å². The summed E-state index contributed by atoms with van der Waals surface area (Å²) in [4.78, 5) is 25.1. The molecule has 1 aliphatic carbocycles. The Bertz CT molecular complexity index is 1090. The molecule has 0 atom stereocenters. The van der Waals surface area contributed by atoms with Gasteiger partial charge in [0.15, 0.2) is 0 Å². The zero-order chi connectivity index (χ0) is 26.6. The summed E-state index contributed by atoms with van der Waals surface area (Å²) in [5.74, 6) is 0.399. The number of anilines is 2. The van der Waals surface area contributed by atoms with Crippen LogP contribution < -0.4 is 15.5 Å². The number of hydrogen-bond donors (Lipinski definition) is 2. The molecule has 1 saturated carbocycles. The van der Waals surface area contributed by atoms with Gasteiger partial charge in [-0.3, -0.25) is 14.9 Å². The Balaban J connectivity index is 1.20. The van der Waals surface area contributed by atoms with Crippen LogP contribution in [0.5, 0.6) is 0 Å². The third-order valence-electron chi connectivity index (χ3n) is 7.55. The fourth-order valence-electron chi connectivity index (χ4n) is 5.29. The van der Waals surface area contributed by atoms with Gasteiger partial charge in [-0.2, -0.15) is 13.2 Å². The molecule has 2 aromatic carbocycles. The smallest absolute Gasteiger partial charge is 0.382 e. The minimum Gasteiger partial charge on any atom is -0.382 e. The summed E-state index contributed by atoms with van der Waals surface area (Å²) in [6, 6.07) is 11.4. The number of halogens is 3. The lowest BCUT2D eigenvalue weighted by Crippen LogP contribution is -2.41. The number of alkyl halides is 3. The normalized spacial score (nSPS) is 20.9. The van der Waals surface area contributed by atoms with Crippen LogP contribution in [0.4, 0.5) is 30.2 Å². The van der Waals surface area contributed by atoms with E-state index in [1.54, 1.807) is 0 Å². The lowest BCUT2D eigenvalue weighted by molar-refractivity contribution is -0.388. The van der Waals surface area contributed by atoms with Crippen molar-refractivity contribution in [1.82, 2.24) is 5.32 Å². The van der Waals surface area contributed by atoms with E-state index in [-0.39, 0.29) is 23.6 Å². The number of hydrogen-bond acceptors (Lipinski definition) is 5. The number of benzene rings is 2. The van der Waals surface area contributed by atoms with Crippen molar-refractivity contribution in [2.75, 3.05) is 29.9 Å². The van der Waals surface area contributed by atoms with Crippen molar-refractivity contribution in [3.63, 3.8) is 0 Å². The number of aryl methyl sites for hydroxylation is 1. The Hall–Kier alpha value is -3.30. The van der Waals surface area contributed by atoms with Crippen LogP contribution >= 0.6 is 0 Å². The zero-order valence-electron chi connectivity index (χ0n) is 20.9. The van der Waals surface area contributed by atoms with Gasteiger partial charge in [-0.25, -0.2) is 0 Å². The van der Waals surface area contributed by atoms with Crippen LogP contribution in [0.3, 0.4) is 0 Å². The molecule has 2 aromatic rings. The Morgan fingerprint density at radius 2 is 1.68 bits per heavy atom. The molecule has 0 aromatic heterocycles. The molecule has 1 saturated heterocycles. The molecule has 2 N–H and O–H groups in total. The third-order valence-corrected chi connectivity index (χ3v) is 7.55. The fourth-order valence-corrected chi connectivity index (χ4v) is 5.29. The number of rotatable bonds is 7. The topological polar surface area (TPSA) is 87.5 Å². The van der Waals surface area contributed by atoms with Gasteiger partial charge in [-0.15, -0.1) is 0 Å². The van der Waals surface area contributed by atoms with Crippen LogP contribution in [-0.4, -0.2) is 36.5 Å². The highest BCUT2D eigenvalue weighted by Gasteiger charge is 2.38. The highest BCUT2D eigenvalue weighted by molar-refractivity contribution is 5.78. The molecular weight excluding hydrogens is 485 g/mol. The molecule has 0 bridgehead atoms. The van der Waals surface area contributed by atoms with Crippen molar-refractivity contribution in [2.24, 2.45) is 11.8 Å². The average Bonchev–Trinajstić information content (AvgIpc) is 2.88. The van der Waals surface area contributed by atoms with Crippen LogP contribution in [0.1, 0.15) is 49.7 Å². The first-order chi connectivity index (χ1) is 17.6. The molecule has 37 heavy (non-hydrogen) atoms. The van der Waals surface area contributed by atoms with E-state index < -0.39 is 22.4 Å². The molecule has 200 valence electrons. The van der Waals surface area contributed by atoms with Gasteiger partial charge in [0.05, 0.1) is 4.92 Å². The van der Waals surface area contributed by atoms with Crippen LogP contribution in [0, 0.1) is 28.9 Å². The maximum atomic E-state index is 13.2. The van der Waals surface area contributed by atoms with Crippen LogP contribution in [0.25, 0.3) is 0 Å². The number of carbonyl (C=O) groups is 1. The predicted molar refractivity (Wildman–Crippen MR) is 137 cm³/mol. The zero-order valence-corrected chi connectivity index (χ0v) is 20.9. The molecule has 1 amide bonds. The predicted octanol–water partition coefficient (Wildman–Crippen LogP) is 5.93. The van der Waals surface area contributed by atoms with E-state index in [1.165, 1.54) is 17.3 Å². The van der Waals surface area contributed by atoms with E-state index in [1.807, 2.05) is 0 Å². The Morgan fingerprint density at radius 1 is 1.03 bits per heavy atom. The molecule has 7 nitrogen and oxygen atoms in total. The lowest BCUT2D eigenvalue weighted by Gasteiger charge is -2.34. The van der Waals surface area contributed by atoms with Crippen LogP contribution in [0.15, 0.2) is 42.5 Å². The highest BCUT2D eigenvalue weighted by Crippen LogP contribution is 2.38. The molecule has 2 aliphatic rings. The molecule has 0 spiro atoms. The summed E-state index contributed by atoms with van der Waals surface area (Å²) in [5.41, 5.74) is 0.456. The van der Waals surface area contributed by atoms with E-state index >= 15 is 0 Å². The van der Waals surface area contributed by atoms with Gasteiger partial charge in [0.25, 0.3) is 5.69 Å². The SMILES string of the molecule is Cc1ccc(N2CCC(CNC(=O)[C@H]3CC[C@@H](Nc4ccc([N+](=O)[O-])c(C(F)(F)F)c4)CC3)CC2)cc1. The van der Waals surface area contributed by atoms with Gasteiger partial charge in [0.2, 0.25) is 5.91 Å². The monoisotopic (exact) mass is 518 g/mol. The highest BCUT2D eigenvalue weighted by atomic mass is 19.4. The number of nitrogens with one attached hydrogen (secondary N) is 2. The Labute approximate surface area is 214 Å². The van der Waals surface area contributed by atoms with E-state index in [9.17, 15) is 28.1 Å². The summed E-state index contributed by atoms with van der Waals surface area (Å²) in [6.07, 6.45) is -0.174. The standard InChI is InChI=1S/C27H33F3N4O3/c1-18-2-9-23(10-3-18)33-14-12-19(13-15-33)17-31-26(35)20-4-6-21(7-5-20)32-22-8-11-25(34(36)37)24(16-22)27(28,29)30/h2-3,8-11,16,19-21,32H,4-7,12-15,17H2,1H3,(H,31,35)/t20-,21+. The minimum absolute atomic E-state index is 0.0501. The number of amides is 1. The average molecular weight is 519 g/mol. The summed E-state index contributed by atoms with van der Waals surface area (Å²) < 4.78 is 39.7. The van der Waals surface area contributed by atoms with Gasteiger partial charge >= 0.3 is 6.18 Å². The van der Waals surface area contributed by atoms with Crippen molar-refractivity contribution in [1.29, 1.82) is 0 Å². The van der Waals surface area contributed by atoms with Gasteiger partial charge in [0.1, 0.15) is 5.56 Å². The molecule has 0 radical (unpaired) electrons. The van der Waals surface area contributed by atoms with Crippen LogP contribution in [-0.2, 0) is 11.0 Å². The summed E-state index contributed by atoms with van der Waals surface area (Å²) >= 11 is 0. The van der Waals surface area contributed by atoms with Gasteiger partial charge in [0, 0.05) is 49.0 Å². The summed E-state index contributed by atoms with van der Waals surface area (Å²) in [7, 11) is 0. The van der Waals surface area contributed by atoms with Crippen LogP contribution in [0.2, 0.25) is 0 Å². The first-order valence-corrected chi connectivity index (χ1v) is 12.8. The molecule has 4 rings (SSSR count). The Kier molecular flexibility index (Phi) is 8.24. The maximum Gasteiger partial charge on any atom is 0.423 e. The van der Waals surface area contributed by atoms with Crippen molar-refractivity contribution in [2.45, 2.75) is 57.7 Å². The van der Waals surface area contributed by atoms with Crippen molar-refractivity contribution in [3.05, 3.63) is 63.7 Å². The summed E-state index contributed by atoms with van der Waals surface area (Å²) in [6.45, 7) is 4.69. The molecular formula is C27H33F3N4O3. The second-order valence-electron chi connectivity index (χ2n) is 10.2. The Morgan fingerprint density at radius 3 is 2.27 bits per heavy atom. The lowest BCUT2D eigenvalue weighted by atomic mass is 9.85. The van der Waals surface area contributed by atoms with Gasteiger partial charge in [-0.1, -0.05) is 17.7 Å². The first kappa shape index (κ1) is 26.8. The summed E-state index contributed by atoms with van der Waals surface area (Å²) in [5, 5.41) is 17.1. The number of piperidine rings is 1. The number of nitro groups is 1. The maximum absolute atomic E-state index is 13.2. The van der Waals surface area contributed by atoms with Crippen molar-refractivity contribution >= 4 is 23.0 Å². The van der Waals surface area contributed by atoms with Gasteiger partial charge < -0.3 is 15.5 Å². The quantitative estimate of drug-likeness (QED) is 0.351. The molecule has 0 unspecified atom stereocenters. The van der Waals surface area contributed by atoms with E-state index in [0.29, 0.717) is 38.1 Å². The second-order valence-corrected chi connectivity index (χ2v) is 10.2. The number of nitrogens with zero attached hydrogens (tertiary/aromatic N) is 2. The second kappa shape index (κ2) is 11.4. The van der Waals surface area contributed by atoms with E-state index in [4.69, 9.17) is 0 Å². The first-order valence-electron chi connectivity index (χ1n) is 12.8. The molecule has 1 aliphatic heterocycles. The fraction of sp³-hybridized carbons (Fsp3) is 0.519. The largest absolute Gasteiger partial charge is 0.423 e. The minimum atomic E-state index is -4.81. The molecule has 1 heterocycles. The van der Waals surface area contributed by atoms with Gasteiger partial charge in [-0.05, 0) is 75.6 Å².